The molecule has 1 aliphatic rings. The van der Waals surface area contributed by atoms with Gasteiger partial charge in [-0.25, -0.2) is 0 Å². The molecule has 1 atom stereocenters. The Morgan fingerprint density at radius 3 is 3.27 bits per heavy atom. The predicted molar refractivity (Wildman–Crippen MR) is 51.5 cm³/mol. The normalized spacial score (nSPS) is 24.2. The van der Waals surface area contributed by atoms with Gasteiger partial charge >= 0.3 is 0 Å². The molecule has 11 heavy (non-hydrogen) atoms. The van der Waals surface area contributed by atoms with Crippen LogP contribution in [0.1, 0.15) is 6.42 Å². The zero-order chi connectivity index (χ0) is 7.52. The van der Waals surface area contributed by atoms with Crippen molar-refractivity contribution in [2.24, 2.45) is 0 Å². The van der Waals surface area contributed by atoms with Crippen LogP contribution in [0.4, 0.5) is 0 Å². The van der Waals surface area contributed by atoms with Crippen molar-refractivity contribution in [3.63, 3.8) is 0 Å². The van der Waals surface area contributed by atoms with Crippen molar-refractivity contribution in [1.29, 1.82) is 0 Å². The number of rotatable bonds is 2. The first-order valence-corrected chi connectivity index (χ1v) is 5.62. The maximum atomic E-state index is 3.37. The Morgan fingerprint density at radius 1 is 1.64 bits per heavy atom. The quantitative estimate of drug-likeness (QED) is 0.758. The van der Waals surface area contributed by atoms with Gasteiger partial charge in [0.05, 0.1) is 4.21 Å². The van der Waals surface area contributed by atoms with Crippen LogP contribution in [0.25, 0.3) is 0 Å². The molecule has 1 N–H and O–H groups in total. The Hall–Kier alpha value is 0.01000. The van der Waals surface area contributed by atoms with Crippen molar-refractivity contribution in [2.75, 3.05) is 13.1 Å². The topological polar surface area (TPSA) is 12.0 Å². The molecule has 1 aromatic heterocycles. The Bertz CT molecular complexity index is 202. The molecule has 60 valence electrons. The standard InChI is InChI=1S/C8H11NS2/c1-2-8(10-5-1)11-7-3-4-9-6-7/h1-2,5,7,9H,3-4,6H2. The lowest BCUT2D eigenvalue weighted by Crippen LogP contribution is -2.09. The second kappa shape index (κ2) is 3.61. The minimum absolute atomic E-state index is 0.814. The lowest BCUT2D eigenvalue weighted by atomic mass is 10.4. The van der Waals surface area contributed by atoms with Crippen molar-refractivity contribution in [3.05, 3.63) is 17.5 Å². The van der Waals surface area contributed by atoms with Crippen LogP contribution in [-0.4, -0.2) is 18.3 Å². The van der Waals surface area contributed by atoms with E-state index in [4.69, 9.17) is 0 Å². The molecule has 2 rings (SSSR count). The number of thioether (sulfide) groups is 1. The number of hydrogen-bond acceptors (Lipinski definition) is 3. The van der Waals surface area contributed by atoms with Crippen molar-refractivity contribution in [1.82, 2.24) is 5.32 Å². The highest BCUT2D eigenvalue weighted by atomic mass is 32.2. The largest absolute Gasteiger partial charge is 0.316 e. The third-order valence-electron chi connectivity index (χ3n) is 1.79. The fourth-order valence-electron chi connectivity index (χ4n) is 1.22. The molecule has 0 aromatic carbocycles. The van der Waals surface area contributed by atoms with Gasteiger partial charge in [0.25, 0.3) is 0 Å². The first-order valence-electron chi connectivity index (χ1n) is 3.86. The van der Waals surface area contributed by atoms with Gasteiger partial charge in [0.2, 0.25) is 0 Å². The monoisotopic (exact) mass is 185 g/mol. The summed E-state index contributed by atoms with van der Waals surface area (Å²) in [6, 6.07) is 4.32. The van der Waals surface area contributed by atoms with E-state index in [1.165, 1.54) is 23.7 Å². The molecule has 0 amide bonds. The van der Waals surface area contributed by atoms with E-state index >= 15 is 0 Å². The molecule has 2 heterocycles. The summed E-state index contributed by atoms with van der Waals surface area (Å²) in [6.07, 6.45) is 1.32. The lowest BCUT2D eigenvalue weighted by Gasteiger charge is -2.03. The zero-order valence-electron chi connectivity index (χ0n) is 6.25. The summed E-state index contributed by atoms with van der Waals surface area (Å²) in [5.74, 6) is 0. The Balaban J connectivity index is 1.90. The summed E-state index contributed by atoms with van der Waals surface area (Å²) in [5, 5.41) is 6.33. The summed E-state index contributed by atoms with van der Waals surface area (Å²) in [6.45, 7) is 2.38. The molecule has 3 heteroatoms. The second-order valence-electron chi connectivity index (χ2n) is 2.66. The highest BCUT2D eigenvalue weighted by molar-refractivity contribution is 8.01. The molecule has 0 radical (unpaired) electrons. The summed E-state index contributed by atoms with van der Waals surface area (Å²) >= 11 is 3.86. The molecule has 0 spiro atoms. The van der Waals surface area contributed by atoms with Gasteiger partial charge < -0.3 is 5.32 Å². The Labute approximate surface area is 75.2 Å². The van der Waals surface area contributed by atoms with E-state index in [1.54, 1.807) is 0 Å². The molecule has 0 bridgehead atoms. The second-order valence-corrected chi connectivity index (χ2v) is 5.21. The van der Waals surface area contributed by atoms with Crippen LogP contribution >= 0.6 is 23.1 Å². The summed E-state index contributed by atoms with van der Waals surface area (Å²) in [4.78, 5) is 0. The van der Waals surface area contributed by atoms with Gasteiger partial charge in [-0.15, -0.1) is 23.1 Å². The first-order chi connectivity index (χ1) is 5.45. The van der Waals surface area contributed by atoms with Crippen molar-refractivity contribution in [2.45, 2.75) is 15.9 Å². The molecule has 0 saturated carbocycles. The Kier molecular flexibility index (Phi) is 2.51. The molecule has 1 fully saturated rings. The molecule has 0 aliphatic carbocycles. The van der Waals surface area contributed by atoms with E-state index in [2.05, 4.69) is 22.8 Å². The molecule has 1 aromatic rings. The van der Waals surface area contributed by atoms with Crippen LogP contribution in [-0.2, 0) is 0 Å². The average Bonchev–Trinajstić information content (AvgIpc) is 2.60. The smallest absolute Gasteiger partial charge is 0.0601 e. The molecular weight excluding hydrogens is 174 g/mol. The lowest BCUT2D eigenvalue weighted by molar-refractivity contribution is 0.858. The van der Waals surface area contributed by atoms with Gasteiger partial charge in [0.15, 0.2) is 0 Å². The maximum Gasteiger partial charge on any atom is 0.0601 e. The fourth-order valence-corrected chi connectivity index (χ4v) is 3.39. The number of thiophene rings is 1. The van der Waals surface area contributed by atoms with Crippen molar-refractivity contribution in [3.8, 4) is 0 Å². The molecule has 1 saturated heterocycles. The van der Waals surface area contributed by atoms with E-state index < -0.39 is 0 Å². The van der Waals surface area contributed by atoms with Crippen LogP contribution in [0.2, 0.25) is 0 Å². The highest BCUT2D eigenvalue weighted by Crippen LogP contribution is 2.30. The minimum atomic E-state index is 0.814. The van der Waals surface area contributed by atoms with Crippen LogP contribution in [0.5, 0.6) is 0 Å². The van der Waals surface area contributed by atoms with E-state index in [9.17, 15) is 0 Å². The first kappa shape index (κ1) is 7.65. The van der Waals surface area contributed by atoms with E-state index in [-0.39, 0.29) is 0 Å². The third-order valence-corrected chi connectivity index (χ3v) is 4.14. The van der Waals surface area contributed by atoms with Crippen LogP contribution in [0, 0.1) is 0 Å². The Morgan fingerprint density at radius 2 is 2.64 bits per heavy atom. The summed E-state index contributed by atoms with van der Waals surface area (Å²) in [7, 11) is 0. The van der Waals surface area contributed by atoms with Gasteiger partial charge in [-0.3, -0.25) is 0 Å². The van der Waals surface area contributed by atoms with Gasteiger partial charge in [0, 0.05) is 11.8 Å². The zero-order valence-corrected chi connectivity index (χ0v) is 7.88. The maximum absolute atomic E-state index is 3.37. The summed E-state index contributed by atoms with van der Waals surface area (Å²) in [5.41, 5.74) is 0. The highest BCUT2D eigenvalue weighted by Gasteiger charge is 2.15. The van der Waals surface area contributed by atoms with E-state index in [0.717, 1.165) is 5.25 Å². The van der Waals surface area contributed by atoms with Crippen LogP contribution in [0.15, 0.2) is 21.7 Å². The van der Waals surface area contributed by atoms with E-state index in [1.807, 2.05) is 23.1 Å². The third kappa shape index (κ3) is 1.98. The fraction of sp³-hybridized carbons (Fsp3) is 0.500. The predicted octanol–water partition coefficient (Wildman–Crippen LogP) is 2.20. The van der Waals surface area contributed by atoms with Crippen molar-refractivity contribution >= 4 is 23.1 Å². The number of nitrogens with one attached hydrogen (secondary N) is 1. The van der Waals surface area contributed by atoms with Gasteiger partial charge in [-0.1, -0.05) is 6.07 Å². The molecule has 1 aliphatic heterocycles. The van der Waals surface area contributed by atoms with Gasteiger partial charge in [-0.05, 0) is 24.4 Å². The molecular formula is C8H11NS2. The number of hydrogen-bond donors (Lipinski definition) is 1. The SMILES string of the molecule is c1csc(SC2CCNC2)c1. The van der Waals surface area contributed by atoms with Crippen LogP contribution in [0.3, 0.4) is 0 Å². The van der Waals surface area contributed by atoms with Gasteiger partial charge in [0.1, 0.15) is 0 Å². The van der Waals surface area contributed by atoms with Gasteiger partial charge in [-0.2, -0.15) is 0 Å². The van der Waals surface area contributed by atoms with Crippen LogP contribution < -0.4 is 5.32 Å². The minimum Gasteiger partial charge on any atom is -0.316 e. The summed E-state index contributed by atoms with van der Waals surface area (Å²) < 4.78 is 1.46. The molecule has 1 nitrogen and oxygen atoms in total. The molecule has 1 unspecified atom stereocenters. The average molecular weight is 185 g/mol. The van der Waals surface area contributed by atoms with E-state index in [0.29, 0.717) is 0 Å². The van der Waals surface area contributed by atoms with Crippen molar-refractivity contribution < 1.29 is 0 Å².